The minimum absolute atomic E-state index is 0.289. The fourth-order valence-corrected chi connectivity index (χ4v) is 2.67. The molecule has 2 aromatic carbocycles. The number of benzene rings is 2. The average molecular weight is 302 g/mol. The standard InChI is InChI=1S/C10H6Br2O/c11-7-3-6-4-8(13)1-2-9(6)10(12)5-7/h1-5,13H. The lowest BCUT2D eigenvalue weighted by molar-refractivity contribution is 0.476. The third-order valence-electron chi connectivity index (χ3n) is 1.85. The first kappa shape index (κ1) is 9.03. The zero-order chi connectivity index (χ0) is 9.42. The lowest BCUT2D eigenvalue weighted by Crippen LogP contribution is -1.75. The maximum absolute atomic E-state index is 9.28. The Morgan fingerprint density at radius 2 is 1.77 bits per heavy atom. The maximum atomic E-state index is 9.28. The molecule has 0 saturated carbocycles. The fourth-order valence-electron chi connectivity index (χ4n) is 1.28. The molecule has 0 heterocycles. The lowest BCUT2D eigenvalue weighted by Gasteiger charge is -2.02. The van der Waals surface area contributed by atoms with Crippen LogP contribution in [0.1, 0.15) is 0 Å². The first-order chi connectivity index (χ1) is 6.16. The van der Waals surface area contributed by atoms with Gasteiger partial charge >= 0.3 is 0 Å². The SMILES string of the molecule is Oc1ccc2c(Br)cc(Br)cc2c1. The number of rotatable bonds is 0. The van der Waals surface area contributed by atoms with Gasteiger partial charge in [0.15, 0.2) is 0 Å². The Labute approximate surface area is 92.6 Å². The predicted molar refractivity (Wildman–Crippen MR) is 61.0 cm³/mol. The largest absolute Gasteiger partial charge is 0.508 e. The fraction of sp³-hybridized carbons (Fsp3) is 0. The molecule has 0 fully saturated rings. The summed E-state index contributed by atoms with van der Waals surface area (Å²) in [7, 11) is 0. The Hall–Kier alpha value is -0.540. The van der Waals surface area contributed by atoms with Crippen molar-refractivity contribution in [1.29, 1.82) is 0 Å². The minimum Gasteiger partial charge on any atom is -0.508 e. The van der Waals surface area contributed by atoms with Crippen molar-refractivity contribution >= 4 is 42.6 Å². The second kappa shape index (κ2) is 3.31. The van der Waals surface area contributed by atoms with Crippen LogP contribution in [0, 0.1) is 0 Å². The van der Waals surface area contributed by atoms with Crippen LogP contribution in [0.25, 0.3) is 10.8 Å². The van der Waals surface area contributed by atoms with Crippen molar-refractivity contribution in [3.05, 3.63) is 39.3 Å². The van der Waals surface area contributed by atoms with Gasteiger partial charge in [-0.05, 0) is 41.1 Å². The molecule has 0 spiro atoms. The van der Waals surface area contributed by atoms with E-state index < -0.39 is 0 Å². The van der Waals surface area contributed by atoms with Gasteiger partial charge in [0.2, 0.25) is 0 Å². The first-order valence-electron chi connectivity index (χ1n) is 3.74. The molecule has 3 heteroatoms. The summed E-state index contributed by atoms with van der Waals surface area (Å²) < 4.78 is 2.02. The van der Waals surface area contributed by atoms with E-state index in [0.717, 1.165) is 19.7 Å². The summed E-state index contributed by atoms with van der Waals surface area (Å²) in [5, 5.41) is 11.4. The zero-order valence-corrected chi connectivity index (χ0v) is 9.76. The molecule has 0 bridgehead atoms. The van der Waals surface area contributed by atoms with Crippen LogP contribution >= 0.6 is 31.9 Å². The number of aromatic hydroxyl groups is 1. The van der Waals surface area contributed by atoms with E-state index in [2.05, 4.69) is 31.9 Å². The number of halogens is 2. The number of fused-ring (bicyclic) bond motifs is 1. The summed E-state index contributed by atoms with van der Waals surface area (Å²) in [6.45, 7) is 0. The van der Waals surface area contributed by atoms with Gasteiger partial charge in [-0.25, -0.2) is 0 Å². The van der Waals surface area contributed by atoms with Crippen LogP contribution in [0.3, 0.4) is 0 Å². The highest BCUT2D eigenvalue weighted by molar-refractivity contribution is 9.11. The van der Waals surface area contributed by atoms with E-state index in [9.17, 15) is 5.11 Å². The summed E-state index contributed by atoms with van der Waals surface area (Å²) in [5.74, 6) is 0.289. The molecule has 0 aliphatic heterocycles. The monoisotopic (exact) mass is 300 g/mol. The highest BCUT2D eigenvalue weighted by Crippen LogP contribution is 2.30. The Balaban J connectivity index is 2.86. The smallest absolute Gasteiger partial charge is 0.116 e. The predicted octanol–water partition coefficient (Wildman–Crippen LogP) is 4.07. The van der Waals surface area contributed by atoms with Crippen LogP contribution in [0.5, 0.6) is 5.75 Å². The van der Waals surface area contributed by atoms with Gasteiger partial charge in [-0.1, -0.05) is 31.9 Å². The second-order valence-electron chi connectivity index (χ2n) is 2.79. The molecule has 0 amide bonds. The van der Waals surface area contributed by atoms with Crippen LogP contribution in [0.2, 0.25) is 0 Å². The summed E-state index contributed by atoms with van der Waals surface area (Å²) in [4.78, 5) is 0. The van der Waals surface area contributed by atoms with Gasteiger partial charge in [0.1, 0.15) is 5.75 Å². The van der Waals surface area contributed by atoms with Crippen LogP contribution in [-0.4, -0.2) is 5.11 Å². The van der Waals surface area contributed by atoms with Crippen molar-refractivity contribution in [3.63, 3.8) is 0 Å². The summed E-state index contributed by atoms with van der Waals surface area (Å²) >= 11 is 6.86. The molecule has 2 rings (SSSR count). The van der Waals surface area contributed by atoms with E-state index in [1.54, 1.807) is 12.1 Å². The number of phenolic OH excluding ortho intramolecular Hbond substituents is 1. The Morgan fingerprint density at radius 3 is 2.54 bits per heavy atom. The molecule has 0 unspecified atom stereocenters. The molecule has 0 aliphatic rings. The molecule has 1 N–H and O–H groups in total. The Bertz CT molecular complexity index is 460. The molecule has 1 nitrogen and oxygen atoms in total. The van der Waals surface area contributed by atoms with Crippen LogP contribution in [0.15, 0.2) is 39.3 Å². The first-order valence-corrected chi connectivity index (χ1v) is 5.33. The van der Waals surface area contributed by atoms with Crippen LogP contribution in [-0.2, 0) is 0 Å². The topological polar surface area (TPSA) is 20.2 Å². The second-order valence-corrected chi connectivity index (χ2v) is 4.56. The third kappa shape index (κ3) is 1.71. The van der Waals surface area contributed by atoms with Crippen molar-refractivity contribution in [2.24, 2.45) is 0 Å². The zero-order valence-electron chi connectivity index (χ0n) is 6.59. The Kier molecular flexibility index (Phi) is 2.30. The van der Waals surface area contributed by atoms with Gasteiger partial charge in [0.05, 0.1) is 0 Å². The summed E-state index contributed by atoms with van der Waals surface area (Å²) in [5.41, 5.74) is 0. The molecule has 0 aliphatic carbocycles. The molecule has 13 heavy (non-hydrogen) atoms. The third-order valence-corrected chi connectivity index (χ3v) is 2.96. The van der Waals surface area contributed by atoms with Crippen LogP contribution < -0.4 is 0 Å². The van der Waals surface area contributed by atoms with E-state index in [1.165, 1.54) is 0 Å². The summed E-state index contributed by atoms with van der Waals surface area (Å²) in [6.07, 6.45) is 0. The molecule has 0 atom stereocenters. The van der Waals surface area contributed by atoms with E-state index in [-0.39, 0.29) is 5.75 Å². The maximum Gasteiger partial charge on any atom is 0.116 e. The molecule has 2 aromatic rings. The molecule has 0 saturated heterocycles. The quantitative estimate of drug-likeness (QED) is 0.778. The number of phenols is 1. The highest BCUT2D eigenvalue weighted by Gasteiger charge is 2.00. The van der Waals surface area contributed by atoms with E-state index in [1.807, 2.05) is 18.2 Å². The Morgan fingerprint density at radius 1 is 1.00 bits per heavy atom. The van der Waals surface area contributed by atoms with E-state index in [0.29, 0.717) is 0 Å². The minimum atomic E-state index is 0.289. The molecule has 0 aromatic heterocycles. The van der Waals surface area contributed by atoms with Gasteiger partial charge in [-0.2, -0.15) is 0 Å². The lowest BCUT2D eigenvalue weighted by atomic mass is 10.1. The normalized spacial score (nSPS) is 10.6. The molecule has 0 radical (unpaired) electrons. The molecular formula is C10H6Br2O. The highest BCUT2D eigenvalue weighted by atomic mass is 79.9. The van der Waals surface area contributed by atoms with Crippen molar-refractivity contribution in [3.8, 4) is 5.75 Å². The van der Waals surface area contributed by atoms with Gasteiger partial charge in [-0.3, -0.25) is 0 Å². The van der Waals surface area contributed by atoms with E-state index >= 15 is 0 Å². The van der Waals surface area contributed by atoms with Crippen molar-refractivity contribution in [1.82, 2.24) is 0 Å². The van der Waals surface area contributed by atoms with Gasteiger partial charge in [-0.15, -0.1) is 0 Å². The average Bonchev–Trinajstić information content (AvgIpc) is 2.02. The van der Waals surface area contributed by atoms with Gasteiger partial charge in [0.25, 0.3) is 0 Å². The number of hydrogen-bond acceptors (Lipinski definition) is 1. The number of hydrogen-bond donors (Lipinski definition) is 1. The van der Waals surface area contributed by atoms with Gasteiger partial charge in [0, 0.05) is 8.95 Å². The van der Waals surface area contributed by atoms with Crippen molar-refractivity contribution < 1.29 is 5.11 Å². The molecular weight excluding hydrogens is 296 g/mol. The van der Waals surface area contributed by atoms with Gasteiger partial charge < -0.3 is 5.11 Å². The summed E-state index contributed by atoms with van der Waals surface area (Å²) in [6, 6.07) is 9.27. The molecule has 66 valence electrons. The van der Waals surface area contributed by atoms with Crippen LogP contribution in [0.4, 0.5) is 0 Å². The van der Waals surface area contributed by atoms with Crippen molar-refractivity contribution in [2.75, 3.05) is 0 Å². The van der Waals surface area contributed by atoms with E-state index in [4.69, 9.17) is 0 Å². The van der Waals surface area contributed by atoms with Crippen molar-refractivity contribution in [2.45, 2.75) is 0 Å².